The van der Waals surface area contributed by atoms with Crippen LogP contribution in [0.4, 0.5) is 0 Å². The lowest BCUT2D eigenvalue weighted by molar-refractivity contribution is -0.126. The summed E-state index contributed by atoms with van der Waals surface area (Å²) in [6.45, 7) is 5.64. The number of fused-ring (bicyclic) bond motifs is 1. The second-order valence-electron chi connectivity index (χ2n) is 7.12. The molecule has 23 heavy (non-hydrogen) atoms. The average Bonchev–Trinajstić information content (AvgIpc) is 3.07. The van der Waals surface area contributed by atoms with Crippen molar-refractivity contribution < 1.29 is 4.79 Å². The quantitative estimate of drug-likeness (QED) is 0.873. The van der Waals surface area contributed by atoms with Crippen LogP contribution in [0.2, 0.25) is 0 Å². The summed E-state index contributed by atoms with van der Waals surface area (Å²) in [4.78, 5) is 14.9. The van der Waals surface area contributed by atoms with Crippen LogP contribution in [0.3, 0.4) is 0 Å². The van der Waals surface area contributed by atoms with Crippen LogP contribution in [-0.2, 0) is 17.8 Å². The maximum absolute atomic E-state index is 12.4. The highest BCUT2D eigenvalue weighted by Gasteiger charge is 2.32. The van der Waals surface area contributed by atoms with Gasteiger partial charge in [-0.05, 0) is 49.8 Å². The lowest BCUT2D eigenvalue weighted by Gasteiger charge is -2.34. The van der Waals surface area contributed by atoms with Crippen LogP contribution >= 0.6 is 0 Å². The van der Waals surface area contributed by atoms with Gasteiger partial charge in [0.15, 0.2) is 0 Å². The summed E-state index contributed by atoms with van der Waals surface area (Å²) in [7, 11) is 0. The molecular formula is C19H29N3O. The first-order valence-corrected chi connectivity index (χ1v) is 8.97. The van der Waals surface area contributed by atoms with E-state index in [2.05, 4.69) is 41.4 Å². The zero-order chi connectivity index (χ0) is 16.2. The third-order valence-electron chi connectivity index (χ3n) is 5.65. The number of hydrogen-bond donors (Lipinski definition) is 2. The zero-order valence-corrected chi connectivity index (χ0v) is 14.1. The number of carbonyl (C=O) groups excluding carboxylic acids is 1. The van der Waals surface area contributed by atoms with E-state index in [-0.39, 0.29) is 11.8 Å². The Morgan fingerprint density at radius 3 is 2.91 bits per heavy atom. The van der Waals surface area contributed by atoms with Crippen molar-refractivity contribution in [2.45, 2.75) is 45.2 Å². The summed E-state index contributed by atoms with van der Waals surface area (Å²) >= 11 is 0. The summed E-state index contributed by atoms with van der Waals surface area (Å²) in [6.07, 6.45) is 4.34. The van der Waals surface area contributed by atoms with Crippen LogP contribution in [-0.4, -0.2) is 36.5 Å². The first-order valence-electron chi connectivity index (χ1n) is 8.97. The first-order chi connectivity index (χ1) is 11.2. The summed E-state index contributed by atoms with van der Waals surface area (Å²) in [5.41, 5.74) is 8.69. The van der Waals surface area contributed by atoms with Gasteiger partial charge in [-0.15, -0.1) is 0 Å². The van der Waals surface area contributed by atoms with Crippen LogP contribution in [0.1, 0.15) is 37.3 Å². The number of nitrogens with one attached hydrogen (secondary N) is 1. The van der Waals surface area contributed by atoms with E-state index in [4.69, 9.17) is 5.73 Å². The molecule has 0 radical (unpaired) electrons. The van der Waals surface area contributed by atoms with E-state index in [9.17, 15) is 4.79 Å². The predicted molar refractivity (Wildman–Crippen MR) is 92.9 cm³/mol. The monoisotopic (exact) mass is 315 g/mol. The Labute approximate surface area is 139 Å². The van der Waals surface area contributed by atoms with Crippen molar-refractivity contribution in [1.29, 1.82) is 0 Å². The molecule has 1 amide bonds. The van der Waals surface area contributed by atoms with Gasteiger partial charge in [0.25, 0.3) is 0 Å². The van der Waals surface area contributed by atoms with E-state index in [1.54, 1.807) is 0 Å². The molecule has 1 fully saturated rings. The van der Waals surface area contributed by atoms with Crippen molar-refractivity contribution in [3.8, 4) is 0 Å². The van der Waals surface area contributed by atoms with Crippen molar-refractivity contribution in [3.63, 3.8) is 0 Å². The van der Waals surface area contributed by atoms with Crippen molar-refractivity contribution in [2.75, 3.05) is 19.6 Å². The van der Waals surface area contributed by atoms with E-state index in [0.29, 0.717) is 18.5 Å². The second kappa shape index (κ2) is 7.45. The fraction of sp³-hybridized carbons (Fsp3) is 0.632. The number of hydrogen-bond acceptors (Lipinski definition) is 3. The lowest BCUT2D eigenvalue weighted by atomic mass is 9.95. The summed E-state index contributed by atoms with van der Waals surface area (Å²) in [6, 6.07) is 9.05. The van der Waals surface area contributed by atoms with Crippen LogP contribution in [0, 0.1) is 11.8 Å². The van der Waals surface area contributed by atoms with Gasteiger partial charge < -0.3 is 11.1 Å². The fourth-order valence-electron chi connectivity index (χ4n) is 4.07. The van der Waals surface area contributed by atoms with Crippen molar-refractivity contribution in [1.82, 2.24) is 10.2 Å². The molecule has 2 aliphatic rings. The maximum Gasteiger partial charge on any atom is 0.223 e. The van der Waals surface area contributed by atoms with Gasteiger partial charge in [0.2, 0.25) is 5.91 Å². The standard InChI is InChI=1S/C19H29N3O/c1-14(12-21-19(23)18-8-4-7-16(18)11-20)22-10-9-15-5-2-3-6-17(15)13-22/h2-3,5-6,14,16,18H,4,7-13,20H2,1H3,(H,21,23)/t14?,16-,18-/m1/s1. The van der Waals surface area contributed by atoms with Gasteiger partial charge in [-0.3, -0.25) is 9.69 Å². The van der Waals surface area contributed by atoms with E-state index in [0.717, 1.165) is 45.3 Å². The smallest absolute Gasteiger partial charge is 0.223 e. The number of amides is 1. The molecule has 1 aromatic rings. The summed E-state index contributed by atoms with van der Waals surface area (Å²) < 4.78 is 0. The molecule has 0 saturated heterocycles. The van der Waals surface area contributed by atoms with Gasteiger partial charge in [0.05, 0.1) is 0 Å². The summed E-state index contributed by atoms with van der Waals surface area (Å²) in [5, 5.41) is 3.17. The van der Waals surface area contributed by atoms with E-state index in [1.807, 2.05) is 0 Å². The highest BCUT2D eigenvalue weighted by molar-refractivity contribution is 5.79. The van der Waals surface area contributed by atoms with Crippen LogP contribution in [0.15, 0.2) is 24.3 Å². The molecule has 1 saturated carbocycles. The minimum atomic E-state index is 0.134. The molecule has 1 unspecified atom stereocenters. The van der Waals surface area contributed by atoms with Crippen LogP contribution in [0.25, 0.3) is 0 Å². The predicted octanol–water partition coefficient (Wildman–Crippen LogP) is 1.92. The van der Waals surface area contributed by atoms with Gasteiger partial charge in [0, 0.05) is 31.6 Å². The number of rotatable bonds is 5. The molecule has 3 N–H and O–H groups in total. The molecule has 4 nitrogen and oxygen atoms in total. The van der Waals surface area contributed by atoms with Crippen LogP contribution in [0.5, 0.6) is 0 Å². The molecule has 1 aliphatic heterocycles. The lowest BCUT2D eigenvalue weighted by Crippen LogP contribution is -2.46. The van der Waals surface area contributed by atoms with E-state index >= 15 is 0 Å². The number of nitrogens with two attached hydrogens (primary N) is 1. The normalized spacial score (nSPS) is 25.8. The van der Waals surface area contributed by atoms with Crippen molar-refractivity contribution in [3.05, 3.63) is 35.4 Å². The summed E-state index contributed by atoms with van der Waals surface area (Å²) in [5.74, 6) is 0.726. The van der Waals surface area contributed by atoms with Gasteiger partial charge >= 0.3 is 0 Å². The Morgan fingerprint density at radius 1 is 1.35 bits per heavy atom. The molecule has 1 heterocycles. The first kappa shape index (κ1) is 16.5. The Hall–Kier alpha value is -1.39. The molecule has 0 spiro atoms. The highest BCUT2D eigenvalue weighted by atomic mass is 16.1. The Balaban J connectivity index is 1.50. The Morgan fingerprint density at radius 2 is 2.13 bits per heavy atom. The highest BCUT2D eigenvalue weighted by Crippen LogP contribution is 2.31. The van der Waals surface area contributed by atoms with Crippen molar-refractivity contribution in [2.24, 2.45) is 17.6 Å². The third-order valence-corrected chi connectivity index (χ3v) is 5.65. The Kier molecular flexibility index (Phi) is 5.34. The molecule has 0 bridgehead atoms. The topological polar surface area (TPSA) is 58.4 Å². The van der Waals surface area contributed by atoms with E-state index in [1.165, 1.54) is 11.1 Å². The zero-order valence-electron chi connectivity index (χ0n) is 14.1. The largest absolute Gasteiger partial charge is 0.354 e. The third kappa shape index (κ3) is 3.75. The number of carbonyl (C=O) groups is 1. The minimum Gasteiger partial charge on any atom is -0.354 e. The average molecular weight is 315 g/mol. The van der Waals surface area contributed by atoms with Gasteiger partial charge in [-0.1, -0.05) is 30.7 Å². The minimum absolute atomic E-state index is 0.134. The van der Waals surface area contributed by atoms with Gasteiger partial charge in [-0.2, -0.15) is 0 Å². The van der Waals surface area contributed by atoms with Gasteiger partial charge in [0.1, 0.15) is 0 Å². The molecule has 1 aromatic carbocycles. The molecule has 0 aromatic heterocycles. The fourth-order valence-corrected chi connectivity index (χ4v) is 4.07. The number of nitrogens with zero attached hydrogens (tertiary/aromatic N) is 1. The van der Waals surface area contributed by atoms with Gasteiger partial charge in [-0.25, -0.2) is 0 Å². The molecule has 1 aliphatic carbocycles. The molecule has 3 rings (SSSR count). The van der Waals surface area contributed by atoms with Crippen molar-refractivity contribution >= 4 is 5.91 Å². The SMILES string of the molecule is CC(CNC(=O)[C@@H]1CCC[C@@H]1CN)N1CCc2ccccc2C1. The molecule has 4 heteroatoms. The van der Waals surface area contributed by atoms with Crippen LogP contribution < -0.4 is 11.1 Å². The molecule has 126 valence electrons. The Bertz CT molecular complexity index is 545. The maximum atomic E-state index is 12.4. The number of benzene rings is 1. The molecule has 3 atom stereocenters. The second-order valence-corrected chi connectivity index (χ2v) is 7.12. The van der Waals surface area contributed by atoms with E-state index < -0.39 is 0 Å². The molecular weight excluding hydrogens is 286 g/mol.